The summed E-state index contributed by atoms with van der Waals surface area (Å²) >= 11 is 0. The third-order valence-corrected chi connectivity index (χ3v) is 5.16. The van der Waals surface area contributed by atoms with Crippen molar-refractivity contribution in [2.45, 2.75) is 13.1 Å². The molecule has 0 aromatic heterocycles. The normalized spacial score (nSPS) is 16.8. The number of benzene rings is 3. The van der Waals surface area contributed by atoms with Gasteiger partial charge in [0.05, 0.1) is 17.9 Å². The van der Waals surface area contributed by atoms with Gasteiger partial charge >= 0.3 is 0 Å². The summed E-state index contributed by atoms with van der Waals surface area (Å²) in [7, 11) is 0. The number of phenolic OH excluding ortho intramolecular Hbond substituents is 1. The Morgan fingerprint density at radius 1 is 1.10 bits per heavy atom. The molecule has 2 aliphatic heterocycles. The number of ether oxygens (including phenoxy) is 3. The summed E-state index contributed by atoms with van der Waals surface area (Å²) in [5, 5.41) is 13.6. The maximum absolute atomic E-state index is 13.5. The first-order valence-electron chi connectivity index (χ1n) is 9.70. The monoisotopic (exact) mass is 404 g/mol. The third-order valence-electron chi connectivity index (χ3n) is 5.16. The maximum Gasteiger partial charge on any atom is 0.262 e. The molecule has 2 aliphatic rings. The topological polar surface area (TPSA) is 80.3 Å². The van der Waals surface area contributed by atoms with Crippen molar-refractivity contribution in [1.29, 1.82) is 0 Å². The Morgan fingerprint density at radius 3 is 2.80 bits per heavy atom. The maximum atomic E-state index is 13.5. The number of phenols is 1. The highest BCUT2D eigenvalue weighted by Crippen LogP contribution is 2.42. The van der Waals surface area contributed by atoms with Gasteiger partial charge in [-0.2, -0.15) is 0 Å². The average Bonchev–Trinajstić information content (AvgIpc) is 3.23. The van der Waals surface area contributed by atoms with Crippen LogP contribution < -0.4 is 24.4 Å². The van der Waals surface area contributed by atoms with E-state index >= 15 is 0 Å². The van der Waals surface area contributed by atoms with Gasteiger partial charge in [0.25, 0.3) is 5.91 Å². The molecule has 1 amide bonds. The zero-order chi connectivity index (χ0) is 20.7. The van der Waals surface area contributed by atoms with Crippen LogP contribution in [0, 0.1) is 0 Å². The smallest absolute Gasteiger partial charge is 0.262 e. The van der Waals surface area contributed by atoms with Crippen LogP contribution in [0.5, 0.6) is 23.0 Å². The Balaban J connectivity index is 1.63. The van der Waals surface area contributed by atoms with E-state index < -0.39 is 6.17 Å². The van der Waals surface area contributed by atoms with E-state index in [2.05, 4.69) is 5.32 Å². The first kappa shape index (κ1) is 18.2. The molecule has 152 valence electrons. The van der Waals surface area contributed by atoms with Crippen molar-refractivity contribution in [3.63, 3.8) is 0 Å². The number of hydrogen-bond donors (Lipinski definition) is 2. The fraction of sp³-hybridized carbons (Fsp3) is 0.174. The summed E-state index contributed by atoms with van der Waals surface area (Å²) < 4.78 is 16.5. The summed E-state index contributed by atoms with van der Waals surface area (Å²) in [6, 6.07) is 17.9. The number of carbonyl (C=O) groups excluding carboxylic acids is 1. The van der Waals surface area contributed by atoms with E-state index in [1.165, 1.54) is 0 Å². The van der Waals surface area contributed by atoms with E-state index in [0.717, 1.165) is 11.3 Å². The molecule has 2 N–H and O–H groups in total. The lowest BCUT2D eigenvalue weighted by atomic mass is 10.0. The molecule has 0 saturated carbocycles. The van der Waals surface area contributed by atoms with Crippen LogP contribution in [0.4, 0.5) is 11.4 Å². The molecule has 0 radical (unpaired) electrons. The number of carbonyl (C=O) groups is 1. The number of fused-ring (bicyclic) bond motifs is 2. The quantitative estimate of drug-likeness (QED) is 0.675. The van der Waals surface area contributed by atoms with Crippen LogP contribution in [0.3, 0.4) is 0 Å². The van der Waals surface area contributed by atoms with Gasteiger partial charge in [-0.1, -0.05) is 18.2 Å². The Kier molecular flexibility index (Phi) is 4.35. The van der Waals surface area contributed by atoms with Crippen molar-refractivity contribution in [2.75, 3.05) is 23.6 Å². The largest absolute Gasteiger partial charge is 0.504 e. The molecule has 0 aliphatic carbocycles. The Morgan fingerprint density at radius 2 is 1.93 bits per heavy atom. The van der Waals surface area contributed by atoms with Crippen LogP contribution in [0.15, 0.2) is 60.7 Å². The van der Waals surface area contributed by atoms with Crippen molar-refractivity contribution >= 4 is 17.3 Å². The number of amides is 1. The fourth-order valence-corrected chi connectivity index (χ4v) is 3.76. The van der Waals surface area contributed by atoms with E-state index in [4.69, 9.17) is 14.2 Å². The molecule has 2 heterocycles. The molecular weight excluding hydrogens is 384 g/mol. The predicted molar refractivity (Wildman–Crippen MR) is 111 cm³/mol. The van der Waals surface area contributed by atoms with Crippen molar-refractivity contribution in [1.82, 2.24) is 0 Å². The summed E-state index contributed by atoms with van der Waals surface area (Å²) in [5.74, 6) is 1.53. The highest BCUT2D eigenvalue weighted by Gasteiger charge is 2.35. The second kappa shape index (κ2) is 7.18. The summed E-state index contributed by atoms with van der Waals surface area (Å²) in [6.07, 6.45) is -0.507. The lowest BCUT2D eigenvalue weighted by molar-refractivity contribution is 0.0975. The van der Waals surface area contributed by atoms with Gasteiger partial charge in [0.2, 0.25) is 6.79 Å². The second-order valence-electron chi connectivity index (χ2n) is 6.97. The first-order valence-corrected chi connectivity index (χ1v) is 9.70. The van der Waals surface area contributed by atoms with Crippen LogP contribution in [0.2, 0.25) is 0 Å². The second-order valence-corrected chi connectivity index (χ2v) is 6.97. The van der Waals surface area contributed by atoms with Gasteiger partial charge in [-0.3, -0.25) is 9.69 Å². The van der Waals surface area contributed by atoms with Crippen molar-refractivity contribution < 1.29 is 24.1 Å². The lowest BCUT2D eigenvalue weighted by Crippen LogP contribution is -2.43. The van der Waals surface area contributed by atoms with Crippen molar-refractivity contribution in [3.05, 3.63) is 71.8 Å². The number of nitrogens with one attached hydrogen (secondary N) is 1. The van der Waals surface area contributed by atoms with Crippen LogP contribution in [0.25, 0.3) is 0 Å². The van der Waals surface area contributed by atoms with E-state index in [-0.39, 0.29) is 18.4 Å². The van der Waals surface area contributed by atoms with Gasteiger partial charge in [-0.25, -0.2) is 0 Å². The molecule has 3 aromatic rings. The molecule has 0 bridgehead atoms. The molecule has 0 unspecified atom stereocenters. The number of para-hydroxylation sites is 1. The predicted octanol–water partition coefficient (Wildman–Crippen LogP) is 4.29. The molecule has 0 spiro atoms. The minimum atomic E-state index is -0.507. The molecule has 5 rings (SSSR count). The van der Waals surface area contributed by atoms with Gasteiger partial charge in [-0.15, -0.1) is 0 Å². The first-order chi connectivity index (χ1) is 14.7. The molecule has 7 nitrogen and oxygen atoms in total. The van der Waals surface area contributed by atoms with Crippen molar-refractivity contribution in [3.8, 4) is 23.0 Å². The van der Waals surface area contributed by atoms with Gasteiger partial charge < -0.3 is 24.6 Å². The highest BCUT2D eigenvalue weighted by molar-refractivity contribution is 6.12. The van der Waals surface area contributed by atoms with E-state index in [9.17, 15) is 9.90 Å². The van der Waals surface area contributed by atoms with Crippen LogP contribution in [-0.2, 0) is 0 Å². The lowest BCUT2D eigenvalue weighted by Gasteiger charge is -2.38. The molecule has 30 heavy (non-hydrogen) atoms. The number of aromatic hydroxyl groups is 1. The minimum absolute atomic E-state index is 0.0535. The van der Waals surface area contributed by atoms with Crippen LogP contribution in [-0.4, -0.2) is 24.4 Å². The molecule has 3 aromatic carbocycles. The summed E-state index contributed by atoms with van der Waals surface area (Å²) in [6.45, 7) is 2.43. The zero-order valence-electron chi connectivity index (χ0n) is 16.3. The van der Waals surface area contributed by atoms with E-state index in [0.29, 0.717) is 35.1 Å². The molecule has 0 saturated heterocycles. The molecular formula is C23H20N2O5. The molecule has 7 heteroatoms. The van der Waals surface area contributed by atoms with Crippen molar-refractivity contribution in [2.24, 2.45) is 0 Å². The van der Waals surface area contributed by atoms with Gasteiger partial charge in [0.1, 0.15) is 6.17 Å². The third kappa shape index (κ3) is 2.95. The zero-order valence-corrected chi connectivity index (χ0v) is 16.3. The van der Waals surface area contributed by atoms with Gasteiger partial charge in [-0.05, 0) is 48.9 Å². The Hall–Kier alpha value is -3.87. The summed E-state index contributed by atoms with van der Waals surface area (Å²) in [5.41, 5.74) is 2.77. The number of nitrogens with zero attached hydrogens (tertiary/aromatic N) is 1. The number of rotatable bonds is 4. The molecule has 1 atom stereocenters. The number of anilines is 2. The number of hydrogen-bond acceptors (Lipinski definition) is 6. The SMILES string of the molecule is CCOc1cc([C@H]2Nc3ccccc3C(=O)N2c2ccc3c(c2)OCO3)ccc1O. The van der Waals surface area contributed by atoms with E-state index in [1.54, 1.807) is 41.3 Å². The summed E-state index contributed by atoms with van der Waals surface area (Å²) in [4.78, 5) is 15.2. The van der Waals surface area contributed by atoms with Crippen LogP contribution in [0.1, 0.15) is 29.0 Å². The van der Waals surface area contributed by atoms with Gasteiger partial charge in [0.15, 0.2) is 23.0 Å². The highest BCUT2D eigenvalue weighted by atomic mass is 16.7. The Bertz CT molecular complexity index is 1130. The van der Waals surface area contributed by atoms with Crippen LogP contribution >= 0.6 is 0 Å². The molecule has 0 fully saturated rings. The standard InChI is InChI=1S/C23H20N2O5/c1-2-28-20-11-14(7-9-18(20)26)22-24-17-6-4-3-5-16(17)23(27)25(22)15-8-10-19-21(12-15)30-13-29-19/h3-12,22,24,26H,2,13H2,1H3/t22-/m0/s1. The average molecular weight is 404 g/mol. The van der Waals surface area contributed by atoms with E-state index in [1.807, 2.05) is 31.2 Å². The minimum Gasteiger partial charge on any atom is -0.504 e. The van der Waals surface area contributed by atoms with Gasteiger partial charge in [0, 0.05) is 11.8 Å². The fourth-order valence-electron chi connectivity index (χ4n) is 3.76. The Labute approximate surface area is 173 Å².